The highest BCUT2D eigenvalue weighted by Crippen LogP contribution is 2.06. The van der Waals surface area contributed by atoms with Gasteiger partial charge in [0.15, 0.2) is 0 Å². The third kappa shape index (κ3) is 11.7. The third-order valence-electron chi connectivity index (χ3n) is 2.39. The predicted molar refractivity (Wildman–Crippen MR) is 82.9 cm³/mol. The van der Waals surface area contributed by atoms with Gasteiger partial charge < -0.3 is 9.47 Å². The zero-order valence-corrected chi connectivity index (χ0v) is 13.4. The summed E-state index contributed by atoms with van der Waals surface area (Å²) >= 11 is 0. The number of ether oxygens (including phenoxy) is 2. The molecule has 4 heteroatoms. The van der Waals surface area contributed by atoms with E-state index in [0.29, 0.717) is 0 Å². The summed E-state index contributed by atoms with van der Waals surface area (Å²) in [7, 11) is 0. The lowest BCUT2D eigenvalue weighted by Crippen LogP contribution is -2.13. The molecule has 118 valence electrons. The predicted octanol–water partition coefficient (Wildman–Crippen LogP) is 3.39. The molecule has 0 aliphatic heterocycles. The lowest BCUT2D eigenvalue weighted by Gasteiger charge is -2.02. The number of carbonyl (C=O) groups is 2. The summed E-state index contributed by atoms with van der Waals surface area (Å²) in [6.07, 6.45) is 0.905. The molecule has 1 aromatic carbocycles. The summed E-state index contributed by atoms with van der Waals surface area (Å²) in [5, 5.41) is 0. The molecule has 21 heavy (non-hydrogen) atoms. The van der Waals surface area contributed by atoms with Gasteiger partial charge in [-0.15, -0.1) is 0 Å². The highest BCUT2D eigenvalue weighted by molar-refractivity contribution is 5.91. The Morgan fingerprint density at radius 1 is 0.952 bits per heavy atom. The Morgan fingerprint density at radius 3 is 1.81 bits per heavy atom. The molecule has 0 spiro atoms. The fourth-order valence-electron chi connectivity index (χ4n) is 1.63. The number of rotatable bonds is 6. The van der Waals surface area contributed by atoms with Crippen molar-refractivity contribution in [3.05, 3.63) is 35.9 Å². The van der Waals surface area contributed by atoms with E-state index in [9.17, 15) is 9.59 Å². The largest absolute Gasteiger partial charge is 0.466 e. The molecule has 0 saturated heterocycles. The van der Waals surface area contributed by atoms with Crippen LogP contribution in [0.3, 0.4) is 0 Å². The number of carbonyl (C=O) groups excluding carboxylic acids is 2. The van der Waals surface area contributed by atoms with Crippen molar-refractivity contribution in [2.75, 3.05) is 13.2 Å². The molecule has 0 N–H and O–H groups in total. The van der Waals surface area contributed by atoms with Crippen LogP contribution in [0.15, 0.2) is 30.3 Å². The van der Waals surface area contributed by atoms with Crippen LogP contribution in [0.25, 0.3) is 0 Å². The van der Waals surface area contributed by atoms with Gasteiger partial charge in [-0.2, -0.15) is 0 Å². The summed E-state index contributed by atoms with van der Waals surface area (Å²) in [5.41, 5.74) is 1.44. The van der Waals surface area contributed by atoms with Crippen LogP contribution in [0.1, 0.15) is 39.7 Å². The first-order valence-corrected chi connectivity index (χ1v) is 7.34. The van der Waals surface area contributed by atoms with Gasteiger partial charge in [0.05, 0.1) is 13.2 Å². The number of benzene rings is 1. The summed E-state index contributed by atoms with van der Waals surface area (Å²) in [4.78, 5) is 21.2. The molecule has 0 saturated carbocycles. The minimum atomic E-state index is -0.536. The van der Waals surface area contributed by atoms with Crippen molar-refractivity contribution >= 4 is 11.9 Å². The molecule has 0 aliphatic rings. The smallest absolute Gasteiger partial charge is 0.317 e. The van der Waals surface area contributed by atoms with Crippen LogP contribution in [0.5, 0.6) is 0 Å². The molecule has 4 nitrogen and oxygen atoms in total. The van der Waals surface area contributed by atoms with E-state index in [2.05, 4.69) is 53.7 Å². The first-order chi connectivity index (χ1) is 9.99. The van der Waals surface area contributed by atoms with E-state index in [1.54, 1.807) is 13.8 Å². The monoisotopic (exact) mass is 294 g/mol. The van der Waals surface area contributed by atoms with E-state index in [0.717, 1.165) is 5.92 Å². The maximum atomic E-state index is 10.6. The molecule has 0 unspecified atom stereocenters. The molecule has 1 rings (SSSR count). The van der Waals surface area contributed by atoms with Crippen LogP contribution in [0, 0.1) is 5.92 Å². The summed E-state index contributed by atoms with van der Waals surface area (Å²) in [5.74, 6) is -0.306. The van der Waals surface area contributed by atoms with Crippen molar-refractivity contribution in [3.63, 3.8) is 0 Å². The lowest BCUT2D eigenvalue weighted by atomic mass is 10.0. The zero-order chi connectivity index (χ0) is 16.1. The molecular formula is C17H26O4. The Balaban J connectivity index is 0.000000382. The average Bonchev–Trinajstić information content (AvgIpc) is 2.40. The minimum Gasteiger partial charge on any atom is -0.466 e. The lowest BCUT2D eigenvalue weighted by molar-refractivity contribution is -0.153. The van der Waals surface area contributed by atoms with Crippen LogP contribution in [-0.4, -0.2) is 25.2 Å². The molecule has 0 amide bonds. The van der Waals surface area contributed by atoms with Gasteiger partial charge in [-0.05, 0) is 31.7 Å². The van der Waals surface area contributed by atoms with Crippen molar-refractivity contribution < 1.29 is 19.1 Å². The molecule has 1 aromatic rings. The van der Waals surface area contributed by atoms with Crippen molar-refractivity contribution in [2.24, 2.45) is 5.92 Å². The van der Waals surface area contributed by atoms with Gasteiger partial charge in [-0.25, -0.2) is 0 Å². The van der Waals surface area contributed by atoms with E-state index in [1.807, 2.05) is 0 Å². The molecule has 0 bridgehead atoms. The highest BCUT2D eigenvalue weighted by atomic mass is 16.5. The van der Waals surface area contributed by atoms with Gasteiger partial charge in [0.25, 0.3) is 0 Å². The van der Waals surface area contributed by atoms with Crippen molar-refractivity contribution in [2.45, 2.75) is 40.5 Å². The molecule has 0 heterocycles. The van der Waals surface area contributed by atoms with Crippen LogP contribution >= 0.6 is 0 Å². The number of hydrogen-bond acceptors (Lipinski definition) is 4. The maximum Gasteiger partial charge on any atom is 0.317 e. The van der Waals surface area contributed by atoms with Gasteiger partial charge in [0.1, 0.15) is 6.42 Å². The topological polar surface area (TPSA) is 52.6 Å². The summed E-state index contributed by atoms with van der Waals surface area (Å²) < 4.78 is 9.04. The maximum absolute atomic E-state index is 10.6. The third-order valence-corrected chi connectivity index (χ3v) is 2.39. The van der Waals surface area contributed by atoms with Crippen LogP contribution in [-0.2, 0) is 25.5 Å². The van der Waals surface area contributed by atoms with E-state index in [-0.39, 0.29) is 19.6 Å². The van der Waals surface area contributed by atoms with Gasteiger partial charge in [-0.1, -0.05) is 44.2 Å². The van der Waals surface area contributed by atoms with Crippen molar-refractivity contribution in [1.29, 1.82) is 0 Å². The minimum absolute atomic E-state index is 0.290. The Kier molecular flexibility index (Phi) is 10.9. The fraction of sp³-hybridized carbons (Fsp3) is 0.529. The second kappa shape index (κ2) is 11.9. The SMILES string of the molecule is CC(C)Cc1ccccc1.CCOC(=O)CC(=O)OCC. The second-order valence-corrected chi connectivity index (χ2v) is 4.87. The standard InChI is InChI=1S/C10H14.C7H12O4/c1-9(2)8-10-6-4-3-5-7-10;1-3-10-6(8)5-7(9)11-4-2/h3-7,9H,8H2,1-2H3;3-5H2,1-2H3. The quantitative estimate of drug-likeness (QED) is 0.596. The van der Waals surface area contributed by atoms with E-state index < -0.39 is 11.9 Å². The molecule has 0 fully saturated rings. The molecular weight excluding hydrogens is 268 g/mol. The Hall–Kier alpha value is -1.84. The normalized spacial score (nSPS) is 9.57. The Bertz CT molecular complexity index is 383. The van der Waals surface area contributed by atoms with Gasteiger partial charge in [-0.3, -0.25) is 9.59 Å². The van der Waals surface area contributed by atoms with Crippen molar-refractivity contribution in [3.8, 4) is 0 Å². The van der Waals surface area contributed by atoms with Crippen LogP contribution in [0.2, 0.25) is 0 Å². The molecule has 0 aromatic heterocycles. The van der Waals surface area contributed by atoms with Crippen LogP contribution < -0.4 is 0 Å². The zero-order valence-electron chi connectivity index (χ0n) is 13.4. The van der Waals surface area contributed by atoms with E-state index in [1.165, 1.54) is 12.0 Å². The van der Waals surface area contributed by atoms with Gasteiger partial charge >= 0.3 is 11.9 Å². The first kappa shape index (κ1) is 19.2. The van der Waals surface area contributed by atoms with E-state index >= 15 is 0 Å². The van der Waals surface area contributed by atoms with E-state index in [4.69, 9.17) is 0 Å². The fourth-order valence-corrected chi connectivity index (χ4v) is 1.63. The first-order valence-electron chi connectivity index (χ1n) is 7.34. The summed E-state index contributed by atoms with van der Waals surface area (Å²) in [6, 6.07) is 10.6. The molecule has 0 atom stereocenters. The molecule has 0 radical (unpaired) electrons. The highest BCUT2D eigenvalue weighted by Gasteiger charge is 2.09. The second-order valence-electron chi connectivity index (χ2n) is 4.87. The number of esters is 2. The van der Waals surface area contributed by atoms with Crippen molar-refractivity contribution in [1.82, 2.24) is 0 Å². The Labute approximate surface area is 127 Å². The van der Waals surface area contributed by atoms with Gasteiger partial charge in [0, 0.05) is 0 Å². The van der Waals surface area contributed by atoms with Gasteiger partial charge in [0.2, 0.25) is 0 Å². The number of hydrogen-bond donors (Lipinski definition) is 0. The average molecular weight is 294 g/mol. The van der Waals surface area contributed by atoms with Crippen LogP contribution in [0.4, 0.5) is 0 Å². The summed E-state index contributed by atoms with van der Waals surface area (Å²) in [6.45, 7) is 8.43. The molecule has 0 aliphatic carbocycles. The Morgan fingerprint density at radius 2 is 1.43 bits per heavy atom.